The Morgan fingerprint density at radius 2 is 2.29 bits per heavy atom. The minimum Gasteiger partial charge on any atom is -0.365 e. The maximum Gasteiger partial charge on any atom is 0.155 e. The molecule has 0 saturated heterocycles. The Kier molecular flexibility index (Phi) is 2.29. The van der Waals surface area contributed by atoms with E-state index >= 15 is 0 Å². The lowest BCUT2D eigenvalue weighted by atomic mass is 10.2. The molecule has 5 nitrogen and oxygen atoms in total. The molecule has 2 aromatic rings. The smallest absolute Gasteiger partial charge is 0.155 e. The molecule has 0 amide bonds. The molecule has 0 bridgehead atoms. The van der Waals surface area contributed by atoms with Crippen molar-refractivity contribution in [3.63, 3.8) is 0 Å². The summed E-state index contributed by atoms with van der Waals surface area (Å²) in [7, 11) is 2.02. The first kappa shape index (κ1) is 9.89. The van der Waals surface area contributed by atoms with Gasteiger partial charge in [0.2, 0.25) is 0 Å². The van der Waals surface area contributed by atoms with E-state index in [-0.39, 0.29) is 6.17 Å². The van der Waals surface area contributed by atoms with Crippen molar-refractivity contribution >= 4 is 0 Å². The van der Waals surface area contributed by atoms with E-state index in [9.17, 15) is 0 Å². The molecule has 1 atom stereocenters. The topological polar surface area (TPSA) is 56.8 Å². The molecule has 1 aliphatic rings. The van der Waals surface area contributed by atoms with Gasteiger partial charge < -0.3 is 15.2 Å². The fourth-order valence-electron chi connectivity index (χ4n) is 1.89. The zero-order valence-electron chi connectivity index (χ0n) is 9.46. The third-order valence-electron chi connectivity index (χ3n) is 2.76. The second-order valence-electron chi connectivity index (χ2n) is 3.94. The molecule has 0 aromatic carbocycles. The van der Waals surface area contributed by atoms with Gasteiger partial charge in [-0.1, -0.05) is 6.07 Å². The van der Waals surface area contributed by atoms with Gasteiger partial charge in [-0.15, -0.1) is 0 Å². The molecule has 0 aliphatic carbocycles. The van der Waals surface area contributed by atoms with E-state index < -0.39 is 0 Å². The standard InChI is InChI=1S/C12H13N5/c1-17-8-7-15-12(17)10-4-2-3-9(16-10)11-13-5-6-14-11/h2-8,12,15H,1H3,(H,13,14). The molecule has 2 N–H and O–H groups in total. The Morgan fingerprint density at radius 1 is 1.35 bits per heavy atom. The molecule has 17 heavy (non-hydrogen) atoms. The first-order valence-corrected chi connectivity index (χ1v) is 5.46. The number of rotatable bonds is 2. The number of H-pyrrole nitrogens is 1. The van der Waals surface area contributed by atoms with Crippen LogP contribution in [0.25, 0.3) is 11.5 Å². The van der Waals surface area contributed by atoms with Crippen LogP contribution in [-0.4, -0.2) is 26.9 Å². The molecule has 0 fully saturated rings. The van der Waals surface area contributed by atoms with E-state index in [1.165, 1.54) is 0 Å². The Labute approximate surface area is 99.2 Å². The Hall–Kier alpha value is -2.30. The summed E-state index contributed by atoms with van der Waals surface area (Å²) in [4.78, 5) is 14.0. The average Bonchev–Trinajstić information content (AvgIpc) is 2.99. The monoisotopic (exact) mass is 227 g/mol. The number of pyridine rings is 1. The van der Waals surface area contributed by atoms with E-state index in [2.05, 4.69) is 25.2 Å². The molecule has 0 spiro atoms. The van der Waals surface area contributed by atoms with E-state index in [0.717, 1.165) is 17.2 Å². The van der Waals surface area contributed by atoms with Gasteiger partial charge in [0.25, 0.3) is 0 Å². The number of hydrogen-bond acceptors (Lipinski definition) is 4. The SMILES string of the molecule is CN1C=CNC1c1cccc(-c2ncc[nH]2)n1. The van der Waals surface area contributed by atoms with E-state index in [1.807, 2.05) is 37.6 Å². The van der Waals surface area contributed by atoms with Gasteiger partial charge in [-0.3, -0.25) is 0 Å². The van der Waals surface area contributed by atoms with Crippen molar-refractivity contribution in [1.29, 1.82) is 0 Å². The molecule has 2 aromatic heterocycles. The predicted octanol–water partition coefficient (Wildman–Crippen LogP) is 1.48. The zero-order valence-corrected chi connectivity index (χ0v) is 9.46. The number of hydrogen-bond donors (Lipinski definition) is 2. The van der Waals surface area contributed by atoms with Gasteiger partial charge in [-0.2, -0.15) is 0 Å². The van der Waals surface area contributed by atoms with Crippen LogP contribution in [0.5, 0.6) is 0 Å². The maximum atomic E-state index is 4.61. The van der Waals surface area contributed by atoms with Crippen molar-refractivity contribution in [2.45, 2.75) is 6.17 Å². The lowest BCUT2D eigenvalue weighted by molar-refractivity contribution is 0.333. The number of aromatic nitrogens is 3. The van der Waals surface area contributed by atoms with Crippen molar-refractivity contribution < 1.29 is 0 Å². The molecule has 5 heteroatoms. The number of aromatic amines is 1. The van der Waals surface area contributed by atoms with Crippen LogP contribution < -0.4 is 5.32 Å². The zero-order chi connectivity index (χ0) is 11.7. The normalized spacial score (nSPS) is 18.4. The molecular weight excluding hydrogens is 214 g/mol. The highest BCUT2D eigenvalue weighted by Gasteiger charge is 2.18. The quantitative estimate of drug-likeness (QED) is 0.816. The Morgan fingerprint density at radius 3 is 3.00 bits per heavy atom. The molecular formula is C12H13N5. The van der Waals surface area contributed by atoms with Crippen LogP contribution in [0.15, 0.2) is 43.0 Å². The molecule has 0 radical (unpaired) electrons. The second-order valence-corrected chi connectivity index (χ2v) is 3.94. The Bertz CT molecular complexity index is 532. The molecule has 3 heterocycles. The Balaban J connectivity index is 1.94. The third-order valence-corrected chi connectivity index (χ3v) is 2.76. The first-order valence-electron chi connectivity index (χ1n) is 5.46. The van der Waals surface area contributed by atoms with Crippen LogP contribution >= 0.6 is 0 Å². The molecule has 1 unspecified atom stereocenters. The molecule has 3 rings (SSSR count). The van der Waals surface area contributed by atoms with Crippen LogP contribution in [0.2, 0.25) is 0 Å². The number of imidazole rings is 1. The highest BCUT2D eigenvalue weighted by molar-refractivity contribution is 5.48. The molecule has 0 saturated carbocycles. The van der Waals surface area contributed by atoms with Crippen LogP contribution in [0, 0.1) is 0 Å². The summed E-state index contributed by atoms with van der Waals surface area (Å²) in [6.07, 6.45) is 7.54. The molecule has 86 valence electrons. The van der Waals surface area contributed by atoms with Crippen molar-refractivity contribution in [2.75, 3.05) is 7.05 Å². The van der Waals surface area contributed by atoms with Crippen molar-refractivity contribution in [1.82, 2.24) is 25.2 Å². The van der Waals surface area contributed by atoms with Crippen molar-refractivity contribution in [3.8, 4) is 11.5 Å². The van der Waals surface area contributed by atoms with Crippen LogP contribution in [-0.2, 0) is 0 Å². The van der Waals surface area contributed by atoms with E-state index in [0.29, 0.717) is 0 Å². The summed E-state index contributed by atoms with van der Waals surface area (Å²) < 4.78 is 0. The summed E-state index contributed by atoms with van der Waals surface area (Å²) in [6, 6.07) is 5.95. The summed E-state index contributed by atoms with van der Waals surface area (Å²) in [5.74, 6) is 0.792. The van der Waals surface area contributed by atoms with E-state index in [1.54, 1.807) is 12.4 Å². The van der Waals surface area contributed by atoms with Gasteiger partial charge in [-0.05, 0) is 12.1 Å². The summed E-state index contributed by atoms with van der Waals surface area (Å²) >= 11 is 0. The highest BCUT2D eigenvalue weighted by Crippen LogP contribution is 2.21. The third kappa shape index (κ3) is 1.75. The van der Waals surface area contributed by atoms with Crippen LogP contribution in [0.4, 0.5) is 0 Å². The van der Waals surface area contributed by atoms with Gasteiger partial charge in [0.1, 0.15) is 11.9 Å². The summed E-state index contributed by atoms with van der Waals surface area (Å²) in [5.41, 5.74) is 1.83. The maximum absolute atomic E-state index is 4.61. The first-order chi connectivity index (χ1) is 8.34. The fourth-order valence-corrected chi connectivity index (χ4v) is 1.89. The second kappa shape index (κ2) is 3.93. The summed E-state index contributed by atoms with van der Waals surface area (Å²) in [6.45, 7) is 0. The largest absolute Gasteiger partial charge is 0.365 e. The van der Waals surface area contributed by atoms with Gasteiger partial charge in [-0.25, -0.2) is 9.97 Å². The van der Waals surface area contributed by atoms with Gasteiger partial charge >= 0.3 is 0 Å². The van der Waals surface area contributed by atoms with Crippen LogP contribution in [0.3, 0.4) is 0 Å². The lowest BCUT2D eigenvalue weighted by Gasteiger charge is -2.20. The fraction of sp³-hybridized carbons (Fsp3) is 0.167. The molecule has 1 aliphatic heterocycles. The van der Waals surface area contributed by atoms with Crippen LogP contribution in [0.1, 0.15) is 11.9 Å². The summed E-state index contributed by atoms with van der Waals surface area (Å²) in [5, 5.41) is 3.25. The minimum absolute atomic E-state index is 0.102. The predicted molar refractivity (Wildman–Crippen MR) is 64.6 cm³/mol. The van der Waals surface area contributed by atoms with E-state index in [4.69, 9.17) is 0 Å². The van der Waals surface area contributed by atoms with Gasteiger partial charge in [0.15, 0.2) is 5.82 Å². The van der Waals surface area contributed by atoms with Gasteiger partial charge in [0, 0.05) is 31.8 Å². The van der Waals surface area contributed by atoms with Crippen molar-refractivity contribution in [3.05, 3.63) is 48.7 Å². The van der Waals surface area contributed by atoms with Crippen molar-refractivity contribution in [2.24, 2.45) is 0 Å². The highest BCUT2D eigenvalue weighted by atomic mass is 15.3. The minimum atomic E-state index is 0.102. The lowest BCUT2D eigenvalue weighted by Crippen LogP contribution is -2.24. The number of nitrogens with one attached hydrogen (secondary N) is 2. The van der Waals surface area contributed by atoms with Gasteiger partial charge in [0.05, 0.1) is 5.69 Å². The number of nitrogens with zero attached hydrogens (tertiary/aromatic N) is 3. The average molecular weight is 227 g/mol.